The molecule has 2 N–H and O–H groups in total. The zero-order valence-corrected chi connectivity index (χ0v) is 17.1. The first-order chi connectivity index (χ1) is 14.4. The molecule has 0 bridgehead atoms. The minimum Gasteiger partial charge on any atom is -0.550 e. The molecular formula is C23H28FN2O4-. The number of aliphatic carboxylic acids is 1. The second-order valence-corrected chi connectivity index (χ2v) is 7.91. The van der Waals surface area contributed by atoms with Gasteiger partial charge in [0.25, 0.3) is 0 Å². The number of carbonyl (C=O) groups excluding carboxylic acids is 1. The third-order valence-corrected chi connectivity index (χ3v) is 5.52. The predicted molar refractivity (Wildman–Crippen MR) is 109 cm³/mol. The summed E-state index contributed by atoms with van der Waals surface area (Å²) in [7, 11) is 0. The van der Waals surface area contributed by atoms with E-state index in [9.17, 15) is 24.5 Å². The fourth-order valence-corrected chi connectivity index (χ4v) is 4.14. The molecular weight excluding hydrogens is 387 g/mol. The molecule has 0 radical (unpaired) electrons. The normalized spacial score (nSPS) is 18.3. The molecule has 1 aliphatic rings. The highest BCUT2D eigenvalue weighted by atomic mass is 19.1. The van der Waals surface area contributed by atoms with Crippen LogP contribution < -0.4 is 5.11 Å². The minimum atomic E-state index is -1.36. The minimum absolute atomic E-state index is 0.101. The van der Waals surface area contributed by atoms with Gasteiger partial charge in [-0.25, -0.2) is 9.07 Å². The van der Waals surface area contributed by atoms with Crippen molar-refractivity contribution in [2.24, 2.45) is 0 Å². The van der Waals surface area contributed by atoms with E-state index in [1.54, 1.807) is 29.0 Å². The fraction of sp³-hybridized carbons (Fsp3) is 0.478. The fourth-order valence-electron chi connectivity index (χ4n) is 4.14. The van der Waals surface area contributed by atoms with Crippen LogP contribution in [0.15, 0.2) is 30.3 Å². The van der Waals surface area contributed by atoms with E-state index in [4.69, 9.17) is 5.10 Å². The van der Waals surface area contributed by atoms with E-state index in [0.29, 0.717) is 5.92 Å². The molecule has 1 unspecified atom stereocenters. The van der Waals surface area contributed by atoms with E-state index in [2.05, 4.69) is 6.92 Å². The highest BCUT2D eigenvalue weighted by Gasteiger charge is 2.27. The van der Waals surface area contributed by atoms with Gasteiger partial charge < -0.3 is 20.1 Å². The van der Waals surface area contributed by atoms with Crippen LogP contribution in [0.3, 0.4) is 0 Å². The SMILES string of the molecule is CCCC1CCCc2c1nn(-c1ccc(F)cc1)c2/C=C/[C@@H](O)C[C@@H](O)CC(=O)[O-]. The molecule has 6 nitrogen and oxygen atoms in total. The number of nitrogens with zero attached hydrogens (tertiary/aromatic N) is 2. The third-order valence-electron chi connectivity index (χ3n) is 5.52. The molecule has 7 heteroatoms. The standard InChI is InChI=1S/C23H29FN2O4/c1-2-4-15-5-3-6-20-21(12-11-18(27)13-19(28)14-22(29)30)26(25-23(15)20)17-9-7-16(24)8-10-17/h7-12,15,18-19,27-28H,2-6,13-14H2,1H3,(H,29,30)/p-1/b12-11+/t15?,18-,19-/m1/s1. The van der Waals surface area contributed by atoms with Gasteiger partial charge in [0, 0.05) is 30.3 Å². The summed E-state index contributed by atoms with van der Waals surface area (Å²) in [6.07, 6.45) is 5.62. The van der Waals surface area contributed by atoms with Crippen molar-refractivity contribution in [2.45, 2.75) is 70.0 Å². The lowest BCUT2D eigenvalue weighted by atomic mass is 9.84. The number of rotatable bonds is 9. The zero-order valence-electron chi connectivity index (χ0n) is 17.1. The number of fused-ring (bicyclic) bond motifs is 1. The lowest BCUT2D eigenvalue weighted by Crippen LogP contribution is -2.29. The van der Waals surface area contributed by atoms with Gasteiger partial charge in [-0.1, -0.05) is 19.4 Å². The van der Waals surface area contributed by atoms with Crippen LogP contribution >= 0.6 is 0 Å². The summed E-state index contributed by atoms with van der Waals surface area (Å²) in [5, 5.41) is 35.4. The third kappa shape index (κ3) is 5.34. The highest BCUT2D eigenvalue weighted by molar-refractivity contribution is 5.64. The largest absolute Gasteiger partial charge is 0.550 e. The first-order valence-electron chi connectivity index (χ1n) is 10.5. The van der Waals surface area contributed by atoms with Gasteiger partial charge >= 0.3 is 0 Å². The molecule has 1 heterocycles. The van der Waals surface area contributed by atoms with Crippen molar-refractivity contribution >= 4 is 12.0 Å². The Labute approximate surface area is 175 Å². The highest BCUT2D eigenvalue weighted by Crippen LogP contribution is 2.37. The van der Waals surface area contributed by atoms with Gasteiger partial charge in [0.05, 0.1) is 29.3 Å². The number of aliphatic hydroxyl groups is 2. The number of benzene rings is 1. The van der Waals surface area contributed by atoms with Gasteiger partial charge in [-0.2, -0.15) is 5.10 Å². The molecule has 0 amide bonds. The van der Waals surface area contributed by atoms with E-state index in [1.165, 1.54) is 12.1 Å². The first kappa shape index (κ1) is 22.2. The molecule has 3 atom stereocenters. The van der Waals surface area contributed by atoms with Crippen LogP contribution in [0.5, 0.6) is 0 Å². The van der Waals surface area contributed by atoms with Crippen molar-refractivity contribution in [3.05, 3.63) is 53.1 Å². The molecule has 0 spiro atoms. The average molecular weight is 415 g/mol. The van der Waals surface area contributed by atoms with Crippen LogP contribution in [-0.4, -0.2) is 38.2 Å². The van der Waals surface area contributed by atoms with Gasteiger partial charge in [0.15, 0.2) is 0 Å². The monoisotopic (exact) mass is 415 g/mol. The molecule has 30 heavy (non-hydrogen) atoms. The van der Waals surface area contributed by atoms with Gasteiger partial charge in [0.2, 0.25) is 0 Å². The van der Waals surface area contributed by atoms with Crippen LogP contribution in [0.2, 0.25) is 0 Å². The number of carboxylic acid groups (broad SMARTS) is 1. The Balaban J connectivity index is 1.93. The number of carboxylic acids is 1. The summed E-state index contributed by atoms with van der Waals surface area (Å²) in [6, 6.07) is 6.11. The number of carbonyl (C=O) groups is 1. The molecule has 1 aromatic carbocycles. The predicted octanol–water partition coefficient (Wildman–Crippen LogP) is 2.50. The Morgan fingerprint density at radius 2 is 2.10 bits per heavy atom. The van der Waals surface area contributed by atoms with Crippen molar-refractivity contribution in [1.82, 2.24) is 9.78 Å². The second-order valence-electron chi connectivity index (χ2n) is 7.91. The van der Waals surface area contributed by atoms with Crippen molar-refractivity contribution in [3.63, 3.8) is 0 Å². The summed E-state index contributed by atoms with van der Waals surface area (Å²) in [5.74, 6) is -1.31. The van der Waals surface area contributed by atoms with Gasteiger partial charge in [0.1, 0.15) is 5.82 Å². The number of aromatic nitrogens is 2. The lowest BCUT2D eigenvalue weighted by Gasteiger charge is -2.20. The molecule has 1 aromatic heterocycles. The zero-order chi connectivity index (χ0) is 21.7. The van der Waals surface area contributed by atoms with Crippen molar-refractivity contribution in [3.8, 4) is 5.69 Å². The second kappa shape index (κ2) is 10.00. The number of hydrogen-bond acceptors (Lipinski definition) is 5. The van der Waals surface area contributed by atoms with E-state index in [1.807, 2.05) is 0 Å². The van der Waals surface area contributed by atoms with Gasteiger partial charge in [-0.15, -0.1) is 0 Å². The maximum absolute atomic E-state index is 13.4. The van der Waals surface area contributed by atoms with E-state index >= 15 is 0 Å². The maximum atomic E-state index is 13.4. The Kier molecular flexibility index (Phi) is 7.39. The van der Waals surface area contributed by atoms with Crippen molar-refractivity contribution in [2.75, 3.05) is 0 Å². The van der Waals surface area contributed by atoms with Gasteiger partial charge in [-0.05, 0) is 56.0 Å². The van der Waals surface area contributed by atoms with Crippen LogP contribution in [-0.2, 0) is 11.2 Å². The molecule has 0 saturated carbocycles. The lowest BCUT2D eigenvalue weighted by molar-refractivity contribution is -0.307. The van der Waals surface area contributed by atoms with Crippen LogP contribution in [0.25, 0.3) is 11.8 Å². The summed E-state index contributed by atoms with van der Waals surface area (Å²) in [5.41, 5.74) is 3.74. The number of hydrogen-bond donors (Lipinski definition) is 2. The van der Waals surface area contributed by atoms with Gasteiger partial charge in [-0.3, -0.25) is 0 Å². The van der Waals surface area contributed by atoms with Crippen molar-refractivity contribution in [1.29, 1.82) is 0 Å². The molecule has 162 valence electrons. The van der Waals surface area contributed by atoms with E-state index in [0.717, 1.165) is 54.7 Å². The number of aliphatic hydroxyl groups excluding tert-OH is 2. The summed E-state index contributed by atoms with van der Waals surface area (Å²) < 4.78 is 15.2. The Morgan fingerprint density at radius 1 is 1.37 bits per heavy atom. The summed E-state index contributed by atoms with van der Waals surface area (Å²) in [4.78, 5) is 10.6. The molecule has 2 aromatic rings. The Hall–Kier alpha value is -2.51. The first-order valence-corrected chi connectivity index (χ1v) is 10.5. The smallest absolute Gasteiger partial charge is 0.123 e. The molecule has 0 saturated heterocycles. The van der Waals surface area contributed by atoms with E-state index < -0.39 is 24.6 Å². The Morgan fingerprint density at radius 3 is 2.77 bits per heavy atom. The molecule has 0 fully saturated rings. The number of halogens is 1. The average Bonchev–Trinajstić information content (AvgIpc) is 3.06. The summed E-state index contributed by atoms with van der Waals surface area (Å²) >= 11 is 0. The van der Waals surface area contributed by atoms with Crippen LogP contribution in [0.1, 0.15) is 68.3 Å². The molecule has 1 aliphatic carbocycles. The maximum Gasteiger partial charge on any atom is 0.123 e. The topological polar surface area (TPSA) is 98.4 Å². The Bertz CT molecular complexity index is 891. The molecule has 0 aliphatic heterocycles. The summed E-state index contributed by atoms with van der Waals surface area (Å²) in [6.45, 7) is 2.15. The van der Waals surface area contributed by atoms with E-state index in [-0.39, 0.29) is 12.2 Å². The van der Waals surface area contributed by atoms with Crippen LogP contribution in [0, 0.1) is 5.82 Å². The van der Waals surface area contributed by atoms with Crippen molar-refractivity contribution < 1.29 is 24.5 Å². The van der Waals surface area contributed by atoms with Crippen LogP contribution in [0.4, 0.5) is 4.39 Å². The molecule has 3 rings (SSSR count). The quantitative estimate of drug-likeness (QED) is 0.656.